The fourth-order valence-corrected chi connectivity index (χ4v) is 6.10. The number of fused-ring (bicyclic) bond motifs is 1. The number of rotatable bonds is 7. The lowest BCUT2D eigenvalue weighted by Crippen LogP contribution is -2.25. The molecule has 49 heavy (non-hydrogen) atoms. The first-order valence-corrected chi connectivity index (χ1v) is 16.1. The molecular weight excluding hydrogens is 601 g/mol. The van der Waals surface area contributed by atoms with Crippen LogP contribution in [0.3, 0.4) is 0 Å². The lowest BCUT2D eigenvalue weighted by atomic mass is 9.94. The molecule has 0 saturated carbocycles. The highest BCUT2D eigenvalue weighted by Gasteiger charge is 2.14. The molecule has 4 N–H and O–H groups in total. The Morgan fingerprint density at radius 1 is 0.408 bits per heavy atom. The van der Waals surface area contributed by atoms with Gasteiger partial charge in [0.05, 0.1) is 17.1 Å². The molecule has 0 spiro atoms. The van der Waals surface area contributed by atoms with E-state index in [1.807, 2.05) is 97.1 Å². The summed E-state index contributed by atoms with van der Waals surface area (Å²) in [5, 5.41) is 3.96. The number of para-hydroxylation sites is 2. The van der Waals surface area contributed by atoms with Crippen molar-refractivity contribution in [3.05, 3.63) is 170 Å². The van der Waals surface area contributed by atoms with Crippen LogP contribution in [0.25, 0.3) is 67.2 Å². The second kappa shape index (κ2) is 12.9. The minimum absolute atomic E-state index is 0.631. The van der Waals surface area contributed by atoms with Crippen molar-refractivity contribution in [2.45, 2.75) is 0 Å². The zero-order valence-electron chi connectivity index (χ0n) is 26.6. The van der Waals surface area contributed by atoms with Crippen LogP contribution in [-0.2, 0) is 0 Å². The van der Waals surface area contributed by atoms with Crippen LogP contribution in [0.1, 0.15) is 0 Å². The summed E-state index contributed by atoms with van der Waals surface area (Å²) >= 11 is 0. The van der Waals surface area contributed by atoms with Crippen LogP contribution in [0.2, 0.25) is 0 Å². The predicted octanol–water partition coefficient (Wildman–Crippen LogP) is 9.95. The largest absolute Gasteiger partial charge is 0.397 e. The van der Waals surface area contributed by atoms with Crippen LogP contribution in [0.5, 0.6) is 0 Å². The third kappa shape index (κ3) is 6.00. The second-order valence-corrected chi connectivity index (χ2v) is 11.8. The van der Waals surface area contributed by atoms with E-state index < -0.39 is 0 Å². The molecule has 0 amide bonds. The number of nitrogen functional groups attached to an aromatic ring is 1. The Balaban J connectivity index is 1.12. The molecule has 0 fully saturated rings. The smallest absolute Gasteiger partial charge is 0.164 e. The highest BCUT2D eigenvalue weighted by Crippen LogP contribution is 2.35. The van der Waals surface area contributed by atoms with Gasteiger partial charge in [-0.15, -0.1) is 0 Å². The molecular formula is C43H32N6. The Bertz CT molecular complexity index is 2330. The van der Waals surface area contributed by atoms with Crippen molar-refractivity contribution in [2.75, 3.05) is 10.7 Å². The maximum absolute atomic E-state index is 6.42. The summed E-state index contributed by atoms with van der Waals surface area (Å²) in [6.45, 7) is 0. The van der Waals surface area contributed by atoms with Crippen molar-refractivity contribution in [3.63, 3.8) is 0 Å². The van der Waals surface area contributed by atoms with Gasteiger partial charge in [0.2, 0.25) is 0 Å². The molecule has 0 aliphatic carbocycles. The molecule has 1 heterocycles. The van der Waals surface area contributed by atoms with E-state index in [0.717, 1.165) is 50.3 Å². The molecule has 0 atom stereocenters. The van der Waals surface area contributed by atoms with E-state index in [-0.39, 0.29) is 0 Å². The molecule has 0 aliphatic rings. The van der Waals surface area contributed by atoms with Crippen LogP contribution >= 0.6 is 0 Å². The van der Waals surface area contributed by atoms with Gasteiger partial charge < -0.3 is 5.73 Å². The molecule has 234 valence electrons. The van der Waals surface area contributed by atoms with Crippen molar-refractivity contribution < 1.29 is 0 Å². The van der Waals surface area contributed by atoms with Crippen molar-refractivity contribution in [3.8, 4) is 56.4 Å². The molecule has 8 aromatic rings. The lowest BCUT2D eigenvalue weighted by molar-refractivity contribution is 1.07. The average Bonchev–Trinajstić information content (AvgIpc) is 3.18. The molecule has 0 bridgehead atoms. The van der Waals surface area contributed by atoms with Gasteiger partial charge in [-0.3, -0.25) is 5.01 Å². The summed E-state index contributed by atoms with van der Waals surface area (Å²) in [5.74, 6) is 8.35. The van der Waals surface area contributed by atoms with Gasteiger partial charge in [0.1, 0.15) is 0 Å². The van der Waals surface area contributed by atoms with Crippen LogP contribution in [0.4, 0.5) is 17.1 Å². The maximum Gasteiger partial charge on any atom is 0.164 e. The van der Waals surface area contributed by atoms with E-state index in [4.69, 9.17) is 26.5 Å². The fourth-order valence-electron chi connectivity index (χ4n) is 6.10. The van der Waals surface area contributed by atoms with Gasteiger partial charge in [-0.25, -0.2) is 20.8 Å². The van der Waals surface area contributed by atoms with Crippen molar-refractivity contribution in [2.24, 2.45) is 5.84 Å². The van der Waals surface area contributed by atoms with Gasteiger partial charge >= 0.3 is 0 Å². The first-order valence-electron chi connectivity index (χ1n) is 16.1. The summed E-state index contributed by atoms with van der Waals surface area (Å²) in [6.07, 6.45) is 0. The maximum atomic E-state index is 6.42. The number of aromatic nitrogens is 3. The Kier molecular flexibility index (Phi) is 7.82. The van der Waals surface area contributed by atoms with Crippen LogP contribution in [-0.4, -0.2) is 15.0 Å². The average molecular weight is 633 g/mol. The Labute approximate surface area is 285 Å². The van der Waals surface area contributed by atoms with Crippen LogP contribution in [0, 0.1) is 0 Å². The SMILES string of the molecule is Nc1ccccc1N(N)c1ccc(-c2ccc3cccc(-c4ccc(-c5nc(-c6ccccc6)nc(-c6ccccc6)n5)cc4)c3c2)cc1. The highest BCUT2D eigenvalue weighted by atomic mass is 15.4. The van der Waals surface area contributed by atoms with Gasteiger partial charge in [-0.1, -0.05) is 140 Å². The number of hydrogen-bond acceptors (Lipinski definition) is 6. The van der Waals surface area contributed by atoms with Gasteiger partial charge in [0.25, 0.3) is 0 Å². The number of nitrogens with two attached hydrogens (primary N) is 2. The number of anilines is 3. The predicted molar refractivity (Wildman–Crippen MR) is 202 cm³/mol. The Morgan fingerprint density at radius 2 is 0.918 bits per heavy atom. The van der Waals surface area contributed by atoms with Gasteiger partial charge in [0, 0.05) is 16.7 Å². The van der Waals surface area contributed by atoms with Gasteiger partial charge in [-0.05, 0) is 63.4 Å². The number of nitrogens with zero attached hydrogens (tertiary/aromatic N) is 4. The zero-order chi connectivity index (χ0) is 33.2. The fraction of sp³-hybridized carbons (Fsp3) is 0. The number of hydrazine groups is 1. The molecule has 6 nitrogen and oxygen atoms in total. The minimum atomic E-state index is 0.631. The zero-order valence-corrected chi connectivity index (χ0v) is 26.6. The van der Waals surface area contributed by atoms with E-state index >= 15 is 0 Å². The molecule has 6 heteroatoms. The summed E-state index contributed by atoms with van der Waals surface area (Å²) in [6, 6.07) is 57.4. The molecule has 0 unspecified atom stereocenters. The summed E-state index contributed by atoms with van der Waals surface area (Å²) in [7, 11) is 0. The van der Waals surface area contributed by atoms with Crippen molar-refractivity contribution in [1.29, 1.82) is 0 Å². The molecule has 1 aromatic heterocycles. The van der Waals surface area contributed by atoms with Crippen LogP contribution in [0.15, 0.2) is 170 Å². The lowest BCUT2D eigenvalue weighted by Gasteiger charge is -2.20. The minimum Gasteiger partial charge on any atom is -0.397 e. The highest BCUT2D eigenvalue weighted by molar-refractivity contribution is 5.99. The Hall–Kier alpha value is -6.63. The standard InChI is InChI=1S/C43H32N6/c44-39-16-7-8-17-40(39)49(45)36-26-24-29(25-27-36)35-23-20-30-14-9-15-37(38(30)28-35)31-18-21-34(22-19-31)43-47-41(32-10-3-1-4-11-32)46-42(48-43)33-12-5-2-6-13-33/h1-28H,44-45H2. The monoisotopic (exact) mass is 632 g/mol. The summed E-state index contributed by atoms with van der Waals surface area (Å²) in [4.78, 5) is 14.6. The van der Waals surface area contributed by atoms with E-state index in [2.05, 4.69) is 72.8 Å². The van der Waals surface area contributed by atoms with Gasteiger partial charge in [-0.2, -0.15) is 0 Å². The molecule has 0 aliphatic heterocycles. The van der Waals surface area contributed by atoms with Crippen molar-refractivity contribution >= 4 is 27.8 Å². The second-order valence-electron chi connectivity index (χ2n) is 11.8. The Morgan fingerprint density at radius 3 is 1.53 bits per heavy atom. The van der Waals surface area contributed by atoms with E-state index in [1.54, 1.807) is 5.01 Å². The summed E-state index contributed by atoms with van der Waals surface area (Å²) < 4.78 is 0. The topological polar surface area (TPSA) is 94.0 Å². The van der Waals surface area contributed by atoms with Crippen LogP contribution < -0.4 is 16.6 Å². The third-order valence-corrected chi connectivity index (χ3v) is 8.71. The quantitative estimate of drug-likeness (QED) is 0.103. The van der Waals surface area contributed by atoms with E-state index in [1.165, 1.54) is 10.8 Å². The molecule has 7 aromatic carbocycles. The normalized spacial score (nSPS) is 11.0. The first-order chi connectivity index (χ1) is 24.1. The number of benzene rings is 7. The molecule has 0 radical (unpaired) electrons. The van der Waals surface area contributed by atoms with Gasteiger partial charge in [0.15, 0.2) is 17.5 Å². The summed E-state index contributed by atoms with van der Waals surface area (Å²) in [5.41, 5.74) is 15.7. The van der Waals surface area contributed by atoms with Crippen molar-refractivity contribution in [1.82, 2.24) is 15.0 Å². The molecule has 8 rings (SSSR count). The first kappa shape index (κ1) is 29.8. The third-order valence-electron chi connectivity index (χ3n) is 8.71. The van der Waals surface area contributed by atoms with E-state index in [9.17, 15) is 0 Å². The van der Waals surface area contributed by atoms with E-state index in [0.29, 0.717) is 23.2 Å². The molecule has 0 saturated heterocycles. The number of hydrogen-bond donors (Lipinski definition) is 2.